The molecule has 8 heteroatoms. The summed E-state index contributed by atoms with van der Waals surface area (Å²) in [7, 11) is 0. The average molecular weight is 430 g/mol. The molecule has 1 aliphatic rings. The summed E-state index contributed by atoms with van der Waals surface area (Å²) in [4.78, 5) is 17.7. The van der Waals surface area contributed by atoms with Gasteiger partial charge < -0.3 is 15.0 Å². The lowest BCUT2D eigenvalue weighted by molar-refractivity contribution is 0.241. The molecule has 0 saturated carbocycles. The summed E-state index contributed by atoms with van der Waals surface area (Å²) in [6, 6.07) is 9.60. The third-order valence-electron chi connectivity index (χ3n) is 5.74. The van der Waals surface area contributed by atoms with E-state index < -0.39 is 5.82 Å². The molecule has 1 atom stereocenters. The summed E-state index contributed by atoms with van der Waals surface area (Å²) in [5.41, 5.74) is 5.63. The van der Waals surface area contributed by atoms with Gasteiger partial charge >= 0.3 is 0 Å². The van der Waals surface area contributed by atoms with Crippen LogP contribution in [0.15, 0.2) is 55.1 Å². The summed E-state index contributed by atoms with van der Waals surface area (Å²) in [5, 5.41) is 13.0. The number of allylic oxidation sites excluding steroid dienone is 1. The molecule has 32 heavy (non-hydrogen) atoms. The van der Waals surface area contributed by atoms with E-state index in [9.17, 15) is 9.50 Å². The van der Waals surface area contributed by atoms with Gasteiger partial charge in [0.1, 0.15) is 11.3 Å². The maximum atomic E-state index is 13.8. The molecule has 0 saturated heterocycles. The lowest BCUT2D eigenvalue weighted by Crippen LogP contribution is -2.10. The third-order valence-corrected chi connectivity index (χ3v) is 5.74. The Morgan fingerprint density at radius 3 is 2.94 bits per heavy atom. The Morgan fingerprint density at radius 2 is 2.09 bits per heavy atom. The Labute approximate surface area is 184 Å². The van der Waals surface area contributed by atoms with Crippen molar-refractivity contribution in [3.05, 3.63) is 72.1 Å². The molecular formula is C24H23FN6O. The van der Waals surface area contributed by atoms with Crippen molar-refractivity contribution in [2.24, 2.45) is 0 Å². The second kappa shape index (κ2) is 8.47. The standard InChI is InChI=1S/C24H23FN6O/c1-15(13-32)31-14-28-21-23(27-9-8-17-7-6-16-4-2-3-5-20(16)17)29-22(30-24(21)31)18-10-19(25)12-26-11-18/h2-5,7,10-12,14-15,32H,6,8-9,13H2,1H3,(H,27,29,30)/t15-/m1/s1. The van der Waals surface area contributed by atoms with Crippen LogP contribution >= 0.6 is 0 Å². The van der Waals surface area contributed by atoms with Crippen molar-refractivity contribution in [3.63, 3.8) is 0 Å². The van der Waals surface area contributed by atoms with Crippen molar-refractivity contribution in [1.82, 2.24) is 24.5 Å². The van der Waals surface area contributed by atoms with Crippen molar-refractivity contribution in [2.75, 3.05) is 18.5 Å². The minimum Gasteiger partial charge on any atom is -0.394 e. The highest BCUT2D eigenvalue weighted by molar-refractivity contribution is 5.85. The second-order valence-electron chi connectivity index (χ2n) is 7.91. The number of imidazole rings is 1. The number of aromatic nitrogens is 5. The SMILES string of the molecule is C[C@H](CO)n1cnc2c(NCCC3=CCc4ccccc43)nc(-c3cncc(F)c3)nc21. The van der Waals surface area contributed by atoms with Gasteiger partial charge in [0, 0.05) is 18.3 Å². The van der Waals surface area contributed by atoms with Gasteiger partial charge in [-0.2, -0.15) is 0 Å². The van der Waals surface area contributed by atoms with Crippen LogP contribution in [0, 0.1) is 5.82 Å². The molecule has 4 aromatic rings. The largest absolute Gasteiger partial charge is 0.394 e. The Hall–Kier alpha value is -3.65. The van der Waals surface area contributed by atoms with E-state index in [0.717, 1.165) is 19.0 Å². The van der Waals surface area contributed by atoms with Gasteiger partial charge in [0.15, 0.2) is 17.3 Å². The van der Waals surface area contributed by atoms with Crippen LogP contribution in [0.1, 0.15) is 30.5 Å². The third kappa shape index (κ3) is 3.73. The van der Waals surface area contributed by atoms with Crippen LogP contribution in [0.4, 0.5) is 10.2 Å². The number of anilines is 1. The Morgan fingerprint density at radius 1 is 1.22 bits per heavy atom. The molecule has 0 bridgehead atoms. The molecule has 162 valence electrons. The van der Waals surface area contributed by atoms with Gasteiger partial charge in [-0.1, -0.05) is 30.3 Å². The first kappa shape index (κ1) is 20.3. The Kier molecular flexibility index (Phi) is 5.36. The van der Waals surface area contributed by atoms with Crippen molar-refractivity contribution in [2.45, 2.75) is 25.8 Å². The number of fused-ring (bicyclic) bond motifs is 2. The fourth-order valence-electron chi connectivity index (χ4n) is 4.02. The molecule has 2 N–H and O–H groups in total. The predicted molar refractivity (Wildman–Crippen MR) is 122 cm³/mol. The van der Waals surface area contributed by atoms with E-state index >= 15 is 0 Å². The smallest absolute Gasteiger partial charge is 0.166 e. The molecule has 0 spiro atoms. The number of pyridine rings is 1. The highest BCUT2D eigenvalue weighted by Gasteiger charge is 2.18. The molecule has 0 aliphatic heterocycles. The Balaban J connectivity index is 1.47. The number of hydrogen-bond acceptors (Lipinski definition) is 6. The summed E-state index contributed by atoms with van der Waals surface area (Å²) in [5.74, 6) is 0.471. The van der Waals surface area contributed by atoms with Gasteiger partial charge in [-0.3, -0.25) is 4.98 Å². The topological polar surface area (TPSA) is 88.8 Å². The summed E-state index contributed by atoms with van der Waals surface area (Å²) < 4.78 is 15.6. The lowest BCUT2D eigenvalue weighted by atomic mass is 10.0. The molecule has 1 aromatic carbocycles. The molecule has 7 nitrogen and oxygen atoms in total. The zero-order valence-corrected chi connectivity index (χ0v) is 17.7. The number of aliphatic hydroxyl groups is 1. The summed E-state index contributed by atoms with van der Waals surface area (Å²) in [6.07, 6.45) is 8.39. The summed E-state index contributed by atoms with van der Waals surface area (Å²) in [6.45, 7) is 2.49. The maximum absolute atomic E-state index is 13.8. The van der Waals surface area contributed by atoms with Crippen LogP contribution in [0.2, 0.25) is 0 Å². The van der Waals surface area contributed by atoms with Gasteiger partial charge in [-0.25, -0.2) is 19.3 Å². The fourth-order valence-corrected chi connectivity index (χ4v) is 4.02. The van der Waals surface area contributed by atoms with Crippen LogP contribution in [0.3, 0.4) is 0 Å². The minimum absolute atomic E-state index is 0.0529. The van der Waals surface area contributed by atoms with E-state index in [1.165, 1.54) is 29.0 Å². The van der Waals surface area contributed by atoms with Gasteiger partial charge in [0.05, 0.1) is 25.2 Å². The normalized spacial score (nSPS) is 13.8. The second-order valence-corrected chi connectivity index (χ2v) is 7.91. The molecule has 3 aromatic heterocycles. The quantitative estimate of drug-likeness (QED) is 0.460. The van der Waals surface area contributed by atoms with Gasteiger partial charge in [-0.05, 0) is 42.5 Å². The number of hydrogen-bond donors (Lipinski definition) is 2. The van der Waals surface area contributed by atoms with Gasteiger partial charge in [0.2, 0.25) is 0 Å². The van der Waals surface area contributed by atoms with E-state index in [-0.39, 0.29) is 12.6 Å². The number of rotatable bonds is 7. The first-order chi connectivity index (χ1) is 15.6. The molecule has 0 unspecified atom stereocenters. The van der Waals surface area contributed by atoms with Crippen LogP contribution in [-0.4, -0.2) is 42.8 Å². The fraction of sp³-hybridized carbons (Fsp3) is 0.250. The van der Waals surface area contributed by atoms with E-state index in [1.807, 2.05) is 6.92 Å². The maximum Gasteiger partial charge on any atom is 0.166 e. The number of nitrogens with one attached hydrogen (secondary N) is 1. The molecule has 0 fully saturated rings. The number of aliphatic hydroxyl groups excluding tert-OH is 1. The first-order valence-electron chi connectivity index (χ1n) is 10.6. The molecular weight excluding hydrogens is 407 g/mol. The van der Waals surface area contributed by atoms with Crippen LogP contribution in [0.5, 0.6) is 0 Å². The van der Waals surface area contributed by atoms with E-state index in [1.54, 1.807) is 10.9 Å². The van der Waals surface area contributed by atoms with E-state index in [0.29, 0.717) is 34.9 Å². The molecule has 3 heterocycles. The van der Waals surface area contributed by atoms with Crippen molar-refractivity contribution >= 4 is 22.6 Å². The lowest BCUT2D eigenvalue weighted by Gasteiger charge is -2.13. The highest BCUT2D eigenvalue weighted by Crippen LogP contribution is 2.30. The number of nitrogens with zero attached hydrogens (tertiary/aromatic N) is 5. The number of halogens is 1. The van der Waals surface area contributed by atoms with Gasteiger partial charge in [0.25, 0.3) is 0 Å². The van der Waals surface area contributed by atoms with Crippen LogP contribution < -0.4 is 5.32 Å². The van der Waals surface area contributed by atoms with Crippen LogP contribution in [-0.2, 0) is 6.42 Å². The monoisotopic (exact) mass is 430 g/mol. The highest BCUT2D eigenvalue weighted by atomic mass is 19.1. The minimum atomic E-state index is -0.454. The van der Waals surface area contributed by atoms with Crippen LogP contribution in [0.25, 0.3) is 28.1 Å². The number of benzene rings is 1. The van der Waals surface area contributed by atoms with Crippen molar-refractivity contribution in [3.8, 4) is 11.4 Å². The molecule has 5 rings (SSSR count). The zero-order chi connectivity index (χ0) is 22.1. The average Bonchev–Trinajstić information content (AvgIpc) is 3.43. The molecule has 0 amide bonds. The first-order valence-corrected chi connectivity index (χ1v) is 10.6. The Bertz CT molecular complexity index is 1320. The molecule has 1 aliphatic carbocycles. The van der Waals surface area contributed by atoms with Crippen molar-refractivity contribution < 1.29 is 9.50 Å². The van der Waals surface area contributed by atoms with Crippen molar-refractivity contribution in [1.29, 1.82) is 0 Å². The zero-order valence-electron chi connectivity index (χ0n) is 17.7. The summed E-state index contributed by atoms with van der Waals surface area (Å²) >= 11 is 0. The van der Waals surface area contributed by atoms with Gasteiger partial charge in [-0.15, -0.1) is 0 Å². The molecule has 0 radical (unpaired) electrons. The van der Waals surface area contributed by atoms with E-state index in [2.05, 4.69) is 55.6 Å². The predicted octanol–water partition coefficient (Wildman–Crippen LogP) is 4.02. The van der Waals surface area contributed by atoms with E-state index in [4.69, 9.17) is 0 Å².